The van der Waals surface area contributed by atoms with Gasteiger partial charge < -0.3 is 15.0 Å². The first kappa shape index (κ1) is 17.2. The number of nitrogens with zero attached hydrogens (tertiary/aromatic N) is 4. The Labute approximate surface area is 143 Å². The fourth-order valence-corrected chi connectivity index (χ4v) is 3.55. The maximum atomic E-state index is 12.4. The van der Waals surface area contributed by atoms with Crippen LogP contribution < -0.4 is 5.32 Å². The molecule has 1 atom stereocenters. The fraction of sp³-hybridized carbons (Fsp3) is 0.765. The van der Waals surface area contributed by atoms with Crippen LogP contribution in [0.15, 0.2) is 12.3 Å². The molecule has 3 heterocycles. The van der Waals surface area contributed by atoms with E-state index in [1.165, 1.54) is 6.42 Å². The Hall–Kier alpha value is -1.60. The molecule has 2 aliphatic heterocycles. The first-order valence-electron chi connectivity index (χ1n) is 9.02. The number of likely N-dealkylation sites (tertiary alicyclic amines) is 1. The van der Waals surface area contributed by atoms with Crippen LogP contribution in [-0.2, 0) is 18.2 Å². The number of morpholine rings is 1. The second-order valence-electron chi connectivity index (χ2n) is 6.83. The minimum absolute atomic E-state index is 0.0672. The number of aryl methyl sites for hydroxylation is 1. The summed E-state index contributed by atoms with van der Waals surface area (Å²) >= 11 is 0. The molecule has 1 aromatic rings. The number of aromatic nitrogens is 2. The molecule has 0 saturated carbocycles. The van der Waals surface area contributed by atoms with Crippen molar-refractivity contribution in [1.82, 2.24) is 24.9 Å². The number of hydrogen-bond acceptors (Lipinski definition) is 4. The first-order valence-corrected chi connectivity index (χ1v) is 9.02. The lowest BCUT2D eigenvalue weighted by molar-refractivity contribution is 0.0249. The van der Waals surface area contributed by atoms with Gasteiger partial charge in [0.15, 0.2) is 0 Å². The molecule has 0 radical (unpaired) electrons. The molecule has 2 aliphatic rings. The number of carbonyl (C=O) groups excluding carboxylic acids is 1. The van der Waals surface area contributed by atoms with Gasteiger partial charge in [0.1, 0.15) is 0 Å². The van der Waals surface area contributed by atoms with E-state index < -0.39 is 0 Å². The van der Waals surface area contributed by atoms with Crippen LogP contribution in [0.2, 0.25) is 0 Å². The molecule has 7 heteroatoms. The molecule has 3 rings (SSSR count). The first-order chi connectivity index (χ1) is 11.7. The molecule has 7 nitrogen and oxygen atoms in total. The predicted molar refractivity (Wildman–Crippen MR) is 91.9 cm³/mol. The molecule has 134 valence electrons. The Bertz CT molecular complexity index is 527. The molecule has 2 saturated heterocycles. The summed E-state index contributed by atoms with van der Waals surface area (Å²) in [5.74, 6) is 0.582. The zero-order valence-electron chi connectivity index (χ0n) is 14.6. The van der Waals surface area contributed by atoms with Crippen molar-refractivity contribution in [1.29, 1.82) is 0 Å². The number of urea groups is 1. The summed E-state index contributed by atoms with van der Waals surface area (Å²) in [7, 11) is 1.91. The van der Waals surface area contributed by atoms with Gasteiger partial charge in [-0.25, -0.2) is 4.79 Å². The fourth-order valence-electron chi connectivity index (χ4n) is 3.55. The highest BCUT2D eigenvalue weighted by Crippen LogP contribution is 2.18. The molecular formula is C17H29N5O2. The maximum absolute atomic E-state index is 12.4. The van der Waals surface area contributed by atoms with Crippen molar-refractivity contribution in [2.24, 2.45) is 13.0 Å². The SMILES string of the molecule is Cn1ccc(CCNC(=O)N2CCC[C@@H](CN3CCOCC3)C2)n1. The van der Waals surface area contributed by atoms with Crippen molar-refractivity contribution in [3.63, 3.8) is 0 Å². The summed E-state index contributed by atoms with van der Waals surface area (Å²) in [6.45, 7) is 7.18. The van der Waals surface area contributed by atoms with E-state index in [0.29, 0.717) is 12.5 Å². The van der Waals surface area contributed by atoms with Gasteiger partial charge in [-0.2, -0.15) is 5.10 Å². The third-order valence-electron chi connectivity index (χ3n) is 4.85. The van der Waals surface area contributed by atoms with Gasteiger partial charge in [-0.05, 0) is 24.8 Å². The number of piperidine rings is 1. The standard InChI is InChI=1S/C17H29N5O2/c1-20-8-5-16(19-20)4-6-18-17(23)22-7-2-3-15(14-22)13-21-9-11-24-12-10-21/h5,8,15H,2-4,6-7,9-14H2,1H3,(H,18,23)/t15-/m0/s1. The topological polar surface area (TPSA) is 62.6 Å². The van der Waals surface area contributed by atoms with Crippen LogP contribution in [0.4, 0.5) is 4.79 Å². The lowest BCUT2D eigenvalue weighted by Gasteiger charge is -2.36. The number of nitrogens with one attached hydrogen (secondary N) is 1. The molecule has 24 heavy (non-hydrogen) atoms. The smallest absolute Gasteiger partial charge is 0.317 e. The molecule has 2 fully saturated rings. The Morgan fingerprint density at radius 3 is 2.96 bits per heavy atom. The highest BCUT2D eigenvalue weighted by atomic mass is 16.5. The van der Waals surface area contributed by atoms with Crippen LogP contribution in [0, 0.1) is 5.92 Å². The van der Waals surface area contributed by atoms with E-state index in [9.17, 15) is 4.79 Å². The summed E-state index contributed by atoms with van der Waals surface area (Å²) < 4.78 is 7.20. The molecule has 0 aromatic carbocycles. The second kappa shape index (κ2) is 8.48. The molecule has 2 amide bonds. The van der Waals surface area contributed by atoms with Crippen LogP contribution in [0.25, 0.3) is 0 Å². The number of ether oxygens (including phenoxy) is 1. The van der Waals surface area contributed by atoms with Crippen LogP contribution in [-0.4, -0.2) is 78.1 Å². The van der Waals surface area contributed by atoms with E-state index >= 15 is 0 Å². The van der Waals surface area contributed by atoms with E-state index in [-0.39, 0.29) is 6.03 Å². The Morgan fingerprint density at radius 1 is 1.38 bits per heavy atom. The number of carbonyl (C=O) groups is 1. The minimum Gasteiger partial charge on any atom is -0.379 e. The molecule has 0 aliphatic carbocycles. The largest absolute Gasteiger partial charge is 0.379 e. The summed E-state index contributed by atoms with van der Waals surface area (Å²) in [6.07, 6.45) is 5.02. The summed E-state index contributed by atoms with van der Waals surface area (Å²) in [4.78, 5) is 16.8. The van der Waals surface area contributed by atoms with Crippen molar-refractivity contribution in [3.05, 3.63) is 18.0 Å². The van der Waals surface area contributed by atoms with E-state index in [4.69, 9.17) is 4.74 Å². The molecule has 0 unspecified atom stereocenters. The van der Waals surface area contributed by atoms with Gasteiger partial charge in [0, 0.05) is 58.9 Å². The molecule has 0 bridgehead atoms. The quantitative estimate of drug-likeness (QED) is 0.861. The average molecular weight is 335 g/mol. The van der Waals surface area contributed by atoms with Gasteiger partial charge in [0.25, 0.3) is 0 Å². The lowest BCUT2D eigenvalue weighted by atomic mass is 9.97. The van der Waals surface area contributed by atoms with Crippen molar-refractivity contribution in [2.45, 2.75) is 19.3 Å². The van der Waals surface area contributed by atoms with Crippen LogP contribution in [0.3, 0.4) is 0 Å². The molecular weight excluding hydrogens is 306 g/mol. The lowest BCUT2D eigenvalue weighted by Crippen LogP contribution is -2.49. The van der Waals surface area contributed by atoms with Crippen molar-refractivity contribution >= 4 is 6.03 Å². The average Bonchev–Trinajstić information content (AvgIpc) is 3.01. The van der Waals surface area contributed by atoms with Gasteiger partial charge in [-0.15, -0.1) is 0 Å². The van der Waals surface area contributed by atoms with E-state index in [2.05, 4.69) is 15.3 Å². The monoisotopic (exact) mass is 335 g/mol. The van der Waals surface area contributed by atoms with Crippen LogP contribution in [0.5, 0.6) is 0 Å². The van der Waals surface area contributed by atoms with Gasteiger partial charge in [0.2, 0.25) is 0 Å². The van der Waals surface area contributed by atoms with Gasteiger partial charge >= 0.3 is 6.03 Å². The normalized spacial score (nSPS) is 22.5. The van der Waals surface area contributed by atoms with Gasteiger partial charge in [-0.3, -0.25) is 9.58 Å². The third-order valence-corrected chi connectivity index (χ3v) is 4.85. The number of hydrogen-bond donors (Lipinski definition) is 1. The zero-order chi connectivity index (χ0) is 16.8. The molecule has 1 N–H and O–H groups in total. The third kappa shape index (κ3) is 4.95. The van der Waals surface area contributed by atoms with Crippen molar-refractivity contribution in [3.8, 4) is 0 Å². The highest BCUT2D eigenvalue weighted by molar-refractivity contribution is 5.74. The highest BCUT2D eigenvalue weighted by Gasteiger charge is 2.25. The van der Waals surface area contributed by atoms with Crippen molar-refractivity contribution in [2.75, 3.05) is 52.5 Å². The Balaban J connectivity index is 1.39. The second-order valence-corrected chi connectivity index (χ2v) is 6.83. The van der Waals surface area contributed by atoms with E-state index in [1.807, 2.05) is 24.2 Å². The van der Waals surface area contributed by atoms with E-state index in [1.54, 1.807) is 4.68 Å². The zero-order valence-corrected chi connectivity index (χ0v) is 14.6. The predicted octanol–water partition coefficient (Wildman–Crippen LogP) is 0.716. The Kier molecular flexibility index (Phi) is 6.09. The van der Waals surface area contributed by atoms with Crippen LogP contribution in [0.1, 0.15) is 18.5 Å². The number of rotatable bonds is 5. The molecule has 1 aromatic heterocycles. The van der Waals surface area contributed by atoms with Crippen molar-refractivity contribution < 1.29 is 9.53 Å². The number of amides is 2. The van der Waals surface area contributed by atoms with Crippen LogP contribution >= 0.6 is 0 Å². The Morgan fingerprint density at radius 2 is 2.21 bits per heavy atom. The maximum Gasteiger partial charge on any atom is 0.317 e. The van der Waals surface area contributed by atoms with Gasteiger partial charge in [0.05, 0.1) is 18.9 Å². The summed E-state index contributed by atoms with van der Waals surface area (Å²) in [6, 6.07) is 2.06. The van der Waals surface area contributed by atoms with E-state index in [0.717, 1.165) is 64.5 Å². The van der Waals surface area contributed by atoms with Gasteiger partial charge in [-0.1, -0.05) is 0 Å². The summed E-state index contributed by atoms with van der Waals surface area (Å²) in [5, 5.41) is 7.37. The molecule has 0 spiro atoms. The summed E-state index contributed by atoms with van der Waals surface area (Å²) in [5.41, 5.74) is 1.02. The minimum atomic E-state index is 0.0672.